The van der Waals surface area contributed by atoms with Crippen LogP contribution in [0.4, 0.5) is 0 Å². The maximum Gasteiger partial charge on any atom is 0.286 e. The van der Waals surface area contributed by atoms with Crippen molar-refractivity contribution in [1.82, 2.24) is 5.32 Å². The molecule has 2 aliphatic rings. The molecule has 2 heterocycles. The number of aliphatic hydroxyl groups is 1. The number of hydrogen-bond donors (Lipinski definition) is 2. The lowest BCUT2D eigenvalue weighted by Gasteiger charge is -2.29. The Labute approximate surface area is 164 Å². The molecule has 2 N–H and O–H groups in total. The predicted octanol–water partition coefficient (Wildman–Crippen LogP) is 3.46. The number of carbonyl (C=O) groups excluding carboxylic acids is 1. The van der Waals surface area contributed by atoms with Gasteiger partial charge in [-0.15, -0.1) is 0 Å². The van der Waals surface area contributed by atoms with Gasteiger partial charge in [-0.25, -0.2) is 0 Å². The third kappa shape index (κ3) is 4.56. The van der Waals surface area contributed by atoms with Gasteiger partial charge in [-0.3, -0.25) is 4.79 Å². The van der Waals surface area contributed by atoms with Gasteiger partial charge in [-0.05, 0) is 43.7 Å². The number of para-hydroxylation sites is 1. The zero-order chi connectivity index (χ0) is 19.3. The number of benzene rings is 1. The molecule has 1 aliphatic carbocycles. The third-order valence-corrected chi connectivity index (χ3v) is 5.30. The molecule has 1 amide bonds. The number of unbranched alkanes of at least 4 members (excludes halogenated alkanes) is 1. The summed E-state index contributed by atoms with van der Waals surface area (Å²) in [6, 6.07) is 7.89. The average molecular weight is 385 g/mol. The highest BCUT2D eigenvalue weighted by atomic mass is 16.7. The largest absolute Gasteiger partial charge is 0.464 e. The lowest BCUT2D eigenvalue weighted by Crippen LogP contribution is -2.33. The number of amides is 1. The van der Waals surface area contributed by atoms with E-state index in [-0.39, 0.29) is 18.4 Å². The molecule has 1 fully saturated rings. The third-order valence-electron chi connectivity index (χ3n) is 5.30. The molecule has 1 aromatic carbocycles. The Hall–Kier alpha value is -2.31. The maximum atomic E-state index is 12.6. The Balaban J connectivity index is 1.51. The van der Waals surface area contributed by atoms with E-state index in [9.17, 15) is 4.79 Å². The summed E-state index contributed by atoms with van der Waals surface area (Å²) < 4.78 is 17.4. The lowest BCUT2D eigenvalue weighted by atomic mass is 9.92. The van der Waals surface area contributed by atoms with Gasteiger partial charge >= 0.3 is 0 Å². The van der Waals surface area contributed by atoms with E-state index in [1.807, 2.05) is 30.3 Å². The molecule has 1 saturated carbocycles. The SMILES string of the molecule is O=C(NCC1CC1)C1=C[C@@H](c2coc3ccccc23)C[C@@H](OCCCCO)O1. The molecular weight excluding hydrogens is 358 g/mol. The minimum atomic E-state index is -0.496. The number of carbonyl (C=O) groups is 1. The van der Waals surface area contributed by atoms with Crippen molar-refractivity contribution in [3.8, 4) is 0 Å². The Morgan fingerprint density at radius 3 is 2.93 bits per heavy atom. The van der Waals surface area contributed by atoms with Crippen molar-refractivity contribution >= 4 is 16.9 Å². The van der Waals surface area contributed by atoms with Crippen molar-refractivity contribution in [3.63, 3.8) is 0 Å². The van der Waals surface area contributed by atoms with E-state index < -0.39 is 6.29 Å². The molecule has 0 spiro atoms. The van der Waals surface area contributed by atoms with Crippen molar-refractivity contribution < 1.29 is 23.8 Å². The Morgan fingerprint density at radius 2 is 2.11 bits per heavy atom. The summed E-state index contributed by atoms with van der Waals surface area (Å²) in [5.41, 5.74) is 1.87. The van der Waals surface area contributed by atoms with Gasteiger partial charge in [0, 0.05) is 36.4 Å². The van der Waals surface area contributed by atoms with Crippen LogP contribution in [0, 0.1) is 5.92 Å². The molecule has 1 aromatic heterocycles. The van der Waals surface area contributed by atoms with Crippen LogP contribution in [0.15, 0.2) is 46.8 Å². The molecule has 2 aromatic rings. The van der Waals surface area contributed by atoms with Crippen LogP contribution in [-0.2, 0) is 14.3 Å². The normalized spacial score (nSPS) is 22.0. The molecular formula is C22H27NO5. The topological polar surface area (TPSA) is 80.9 Å². The highest BCUT2D eigenvalue weighted by Crippen LogP contribution is 2.36. The fraction of sp³-hybridized carbons (Fsp3) is 0.500. The molecule has 0 radical (unpaired) electrons. The number of fused-ring (bicyclic) bond motifs is 1. The van der Waals surface area contributed by atoms with Crippen LogP contribution in [-0.4, -0.2) is 37.1 Å². The first-order valence-electron chi connectivity index (χ1n) is 10.1. The first kappa shape index (κ1) is 19.0. The second kappa shape index (κ2) is 8.80. The lowest BCUT2D eigenvalue weighted by molar-refractivity contribution is -0.146. The van der Waals surface area contributed by atoms with Gasteiger partial charge in [0.2, 0.25) is 6.29 Å². The summed E-state index contributed by atoms with van der Waals surface area (Å²) in [4.78, 5) is 12.6. The number of allylic oxidation sites excluding steroid dienone is 1. The predicted molar refractivity (Wildman–Crippen MR) is 105 cm³/mol. The Bertz CT molecular complexity index is 838. The van der Waals surface area contributed by atoms with Crippen LogP contribution in [0.5, 0.6) is 0 Å². The zero-order valence-electron chi connectivity index (χ0n) is 15.9. The summed E-state index contributed by atoms with van der Waals surface area (Å²) in [6.45, 7) is 1.33. The highest BCUT2D eigenvalue weighted by molar-refractivity contribution is 5.92. The minimum Gasteiger partial charge on any atom is -0.464 e. The van der Waals surface area contributed by atoms with Crippen LogP contribution >= 0.6 is 0 Å². The summed E-state index contributed by atoms with van der Waals surface area (Å²) in [5.74, 6) is 0.705. The van der Waals surface area contributed by atoms with Crippen LogP contribution in [0.2, 0.25) is 0 Å². The average Bonchev–Trinajstić information content (AvgIpc) is 3.46. The fourth-order valence-corrected chi connectivity index (χ4v) is 3.50. The fourth-order valence-electron chi connectivity index (χ4n) is 3.50. The first-order chi connectivity index (χ1) is 13.7. The van der Waals surface area contributed by atoms with Crippen molar-refractivity contribution in [2.24, 2.45) is 5.92 Å². The number of furan rings is 1. The zero-order valence-corrected chi connectivity index (χ0v) is 15.9. The van der Waals surface area contributed by atoms with E-state index in [1.165, 1.54) is 12.8 Å². The summed E-state index contributed by atoms with van der Waals surface area (Å²) in [5, 5.41) is 12.9. The molecule has 28 heavy (non-hydrogen) atoms. The molecule has 1 aliphatic heterocycles. The van der Waals surface area contributed by atoms with Gasteiger partial charge in [-0.2, -0.15) is 0 Å². The van der Waals surface area contributed by atoms with Gasteiger partial charge in [0.25, 0.3) is 5.91 Å². The van der Waals surface area contributed by atoms with Gasteiger partial charge < -0.3 is 24.3 Å². The van der Waals surface area contributed by atoms with Crippen LogP contribution in [0.3, 0.4) is 0 Å². The quantitative estimate of drug-likeness (QED) is 0.646. The monoisotopic (exact) mass is 385 g/mol. The van der Waals surface area contributed by atoms with Gasteiger partial charge in [0.05, 0.1) is 12.9 Å². The molecule has 0 unspecified atom stereocenters. The van der Waals surface area contributed by atoms with Gasteiger partial charge in [0.15, 0.2) is 5.76 Å². The second-order valence-electron chi connectivity index (χ2n) is 7.56. The number of ether oxygens (including phenoxy) is 2. The smallest absolute Gasteiger partial charge is 0.286 e. The molecule has 6 nitrogen and oxygen atoms in total. The number of rotatable bonds is 9. The summed E-state index contributed by atoms with van der Waals surface area (Å²) in [6.07, 6.45) is 7.56. The van der Waals surface area contributed by atoms with E-state index in [0.29, 0.717) is 37.7 Å². The first-order valence-corrected chi connectivity index (χ1v) is 10.1. The van der Waals surface area contributed by atoms with Crippen molar-refractivity contribution in [2.45, 2.75) is 44.3 Å². The number of nitrogens with one attached hydrogen (secondary N) is 1. The molecule has 6 heteroatoms. The van der Waals surface area contributed by atoms with Gasteiger partial charge in [0.1, 0.15) is 5.58 Å². The van der Waals surface area contributed by atoms with Crippen LogP contribution in [0.1, 0.15) is 43.6 Å². The summed E-state index contributed by atoms with van der Waals surface area (Å²) in [7, 11) is 0. The van der Waals surface area contributed by atoms with Crippen molar-refractivity contribution in [2.75, 3.05) is 19.8 Å². The summed E-state index contributed by atoms with van der Waals surface area (Å²) >= 11 is 0. The Morgan fingerprint density at radius 1 is 1.25 bits per heavy atom. The van der Waals surface area contributed by atoms with E-state index in [0.717, 1.165) is 23.0 Å². The van der Waals surface area contributed by atoms with E-state index >= 15 is 0 Å². The maximum absolute atomic E-state index is 12.6. The molecule has 0 saturated heterocycles. The van der Waals surface area contributed by atoms with Crippen molar-refractivity contribution in [1.29, 1.82) is 0 Å². The van der Waals surface area contributed by atoms with Crippen molar-refractivity contribution in [3.05, 3.63) is 47.9 Å². The minimum absolute atomic E-state index is 0.0260. The van der Waals surface area contributed by atoms with Crippen LogP contribution < -0.4 is 5.32 Å². The second-order valence-corrected chi connectivity index (χ2v) is 7.56. The number of hydrogen-bond acceptors (Lipinski definition) is 5. The molecule has 4 rings (SSSR count). The van der Waals surface area contributed by atoms with E-state index in [1.54, 1.807) is 6.26 Å². The van der Waals surface area contributed by atoms with Gasteiger partial charge in [-0.1, -0.05) is 18.2 Å². The molecule has 2 atom stereocenters. The van der Waals surface area contributed by atoms with E-state index in [2.05, 4.69) is 5.32 Å². The van der Waals surface area contributed by atoms with E-state index in [4.69, 9.17) is 19.0 Å². The number of aliphatic hydroxyl groups excluding tert-OH is 1. The standard InChI is InChI=1S/C22H27NO5/c24-9-3-4-10-26-21-12-16(18-14-27-19-6-2-1-5-17(18)19)11-20(28-21)22(25)23-13-15-7-8-15/h1-2,5-6,11,14-16,21,24H,3-4,7-10,12-13H2,(H,23,25)/t16-,21+/m1/s1. The molecule has 0 bridgehead atoms. The Kier molecular flexibility index (Phi) is 5.98. The molecule has 150 valence electrons. The van der Waals surface area contributed by atoms with Crippen LogP contribution in [0.25, 0.3) is 11.0 Å². The highest BCUT2D eigenvalue weighted by Gasteiger charge is 2.31.